The summed E-state index contributed by atoms with van der Waals surface area (Å²) in [5, 5.41) is 14.0. The SMILES string of the molecule is CC1CCCCC1NC(=O)NC(=O)CSc1nnc(-c2ccc(Cl)cc2)o1. The fraction of sp³-hybridized carbons (Fsp3) is 0.444. The summed E-state index contributed by atoms with van der Waals surface area (Å²) in [6.45, 7) is 2.12. The van der Waals surface area contributed by atoms with Gasteiger partial charge in [-0.05, 0) is 43.0 Å². The number of hydrogen-bond donors (Lipinski definition) is 2. The van der Waals surface area contributed by atoms with Gasteiger partial charge in [0.25, 0.3) is 5.22 Å². The van der Waals surface area contributed by atoms with Crippen molar-refractivity contribution in [2.45, 2.75) is 43.9 Å². The van der Waals surface area contributed by atoms with Crippen LogP contribution in [-0.4, -0.2) is 33.9 Å². The Morgan fingerprint density at radius 2 is 1.96 bits per heavy atom. The van der Waals surface area contributed by atoms with Gasteiger partial charge in [-0.1, -0.05) is 43.1 Å². The van der Waals surface area contributed by atoms with Crippen LogP contribution in [0.25, 0.3) is 11.5 Å². The van der Waals surface area contributed by atoms with E-state index in [1.54, 1.807) is 24.3 Å². The number of carbonyl (C=O) groups is 2. The second-order valence-electron chi connectivity index (χ2n) is 6.56. The monoisotopic (exact) mass is 408 g/mol. The first-order valence-corrected chi connectivity index (χ1v) is 10.2. The van der Waals surface area contributed by atoms with Crippen LogP contribution in [0.15, 0.2) is 33.9 Å². The Morgan fingerprint density at radius 1 is 1.22 bits per heavy atom. The maximum Gasteiger partial charge on any atom is 0.321 e. The maximum atomic E-state index is 12.0. The van der Waals surface area contributed by atoms with Crippen LogP contribution in [0, 0.1) is 5.92 Å². The molecule has 7 nitrogen and oxygen atoms in total. The average Bonchev–Trinajstić information content (AvgIpc) is 3.11. The molecule has 1 fully saturated rings. The van der Waals surface area contributed by atoms with Crippen LogP contribution in [0.3, 0.4) is 0 Å². The first kappa shape index (κ1) is 19.7. The smallest absolute Gasteiger partial charge is 0.321 e. The Kier molecular flexibility index (Phi) is 6.73. The van der Waals surface area contributed by atoms with E-state index in [1.165, 1.54) is 6.42 Å². The Bertz CT molecular complexity index is 796. The molecular weight excluding hydrogens is 388 g/mol. The molecule has 1 heterocycles. The fourth-order valence-electron chi connectivity index (χ4n) is 3.00. The van der Waals surface area contributed by atoms with Crippen molar-refractivity contribution in [2.24, 2.45) is 5.92 Å². The third-order valence-corrected chi connectivity index (χ3v) is 5.58. The minimum absolute atomic E-state index is 0.00981. The quantitative estimate of drug-likeness (QED) is 0.728. The molecule has 0 radical (unpaired) electrons. The Morgan fingerprint density at radius 3 is 2.70 bits per heavy atom. The highest BCUT2D eigenvalue weighted by Crippen LogP contribution is 2.25. The van der Waals surface area contributed by atoms with E-state index in [0.717, 1.165) is 36.6 Å². The van der Waals surface area contributed by atoms with Gasteiger partial charge >= 0.3 is 6.03 Å². The molecule has 144 valence electrons. The van der Waals surface area contributed by atoms with E-state index in [1.807, 2.05) is 0 Å². The molecule has 2 unspecified atom stereocenters. The van der Waals surface area contributed by atoms with Crippen molar-refractivity contribution in [3.8, 4) is 11.5 Å². The van der Waals surface area contributed by atoms with Crippen LogP contribution < -0.4 is 10.6 Å². The molecule has 1 saturated carbocycles. The second-order valence-corrected chi connectivity index (χ2v) is 7.92. The van der Waals surface area contributed by atoms with Crippen LogP contribution in [0.5, 0.6) is 0 Å². The zero-order valence-electron chi connectivity index (χ0n) is 14.9. The van der Waals surface area contributed by atoms with Crippen LogP contribution in [0.2, 0.25) is 5.02 Å². The van der Waals surface area contributed by atoms with Crippen molar-refractivity contribution in [2.75, 3.05) is 5.75 Å². The Labute approximate surface area is 166 Å². The predicted molar refractivity (Wildman–Crippen MR) is 104 cm³/mol. The number of amides is 3. The molecule has 2 aromatic rings. The highest BCUT2D eigenvalue weighted by molar-refractivity contribution is 7.99. The zero-order chi connectivity index (χ0) is 19.2. The molecule has 3 amide bonds. The van der Waals surface area contributed by atoms with Gasteiger partial charge in [-0.25, -0.2) is 4.79 Å². The number of thioether (sulfide) groups is 1. The third-order valence-electron chi connectivity index (χ3n) is 4.51. The van der Waals surface area contributed by atoms with Crippen LogP contribution in [0.1, 0.15) is 32.6 Å². The van der Waals surface area contributed by atoms with Gasteiger partial charge in [0, 0.05) is 16.6 Å². The zero-order valence-corrected chi connectivity index (χ0v) is 16.5. The van der Waals surface area contributed by atoms with Crippen molar-refractivity contribution < 1.29 is 14.0 Å². The largest absolute Gasteiger partial charge is 0.411 e. The van der Waals surface area contributed by atoms with E-state index in [0.29, 0.717) is 16.8 Å². The fourth-order valence-corrected chi connectivity index (χ4v) is 3.69. The summed E-state index contributed by atoms with van der Waals surface area (Å²) in [5.41, 5.74) is 0.740. The molecule has 1 aliphatic carbocycles. The van der Waals surface area contributed by atoms with Gasteiger partial charge in [-0.3, -0.25) is 10.1 Å². The number of rotatable bonds is 5. The molecule has 0 aliphatic heterocycles. The minimum Gasteiger partial charge on any atom is -0.411 e. The predicted octanol–water partition coefficient (Wildman–Crippen LogP) is 3.89. The van der Waals surface area contributed by atoms with Gasteiger partial charge in [0.1, 0.15) is 0 Å². The topological polar surface area (TPSA) is 97.1 Å². The van der Waals surface area contributed by atoms with Crippen LogP contribution in [-0.2, 0) is 4.79 Å². The van der Waals surface area contributed by atoms with E-state index in [2.05, 4.69) is 27.8 Å². The lowest BCUT2D eigenvalue weighted by Gasteiger charge is -2.29. The summed E-state index contributed by atoms with van der Waals surface area (Å²) in [6.07, 6.45) is 4.35. The molecule has 1 aromatic heterocycles. The van der Waals surface area contributed by atoms with E-state index in [9.17, 15) is 9.59 Å². The normalized spacial score (nSPS) is 19.5. The van der Waals surface area contributed by atoms with Crippen LogP contribution in [0.4, 0.5) is 4.79 Å². The van der Waals surface area contributed by atoms with Crippen molar-refractivity contribution in [1.82, 2.24) is 20.8 Å². The minimum atomic E-state index is -0.452. The highest BCUT2D eigenvalue weighted by Gasteiger charge is 2.23. The first-order valence-electron chi connectivity index (χ1n) is 8.84. The molecule has 1 aromatic carbocycles. The van der Waals surface area contributed by atoms with Gasteiger partial charge in [0.2, 0.25) is 11.8 Å². The van der Waals surface area contributed by atoms with Gasteiger partial charge in [0.05, 0.1) is 5.75 Å². The van der Waals surface area contributed by atoms with Gasteiger partial charge < -0.3 is 9.73 Å². The van der Waals surface area contributed by atoms with Crippen molar-refractivity contribution in [1.29, 1.82) is 0 Å². The number of nitrogens with one attached hydrogen (secondary N) is 2. The maximum absolute atomic E-state index is 12.0. The number of aromatic nitrogens is 2. The first-order chi connectivity index (χ1) is 13.0. The lowest BCUT2D eigenvalue weighted by molar-refractivity contribution is -0.117. The lowest BCUT2D eigenvalue weighted by Crippen LogP contribution is -2.48. The molecule has 27 heavy (non-hydrogen) atoms. The Hall–Kier alpha value is -2.06. The van der Waals surface area contributed by atoms with Crippen molar-refractivity contribution in [3.05, 3.63) is 29.3 Å². The molecule has 0 saturated heterocycles. The lowest BCUT2D eigenvalue weighted by atomic mass is 9.86. The van der Waals surface area contributed by atoms with Gasteiger partial charge in [-0.15, -0.1) is 10.2 Å². The average molecular weight is 409 g/mol. The second kappa shape index (κ2) is 9.23. The number of nitrogens with zero attached hydrogens (tertiary/aromatic N) is 2. The number of benzene rings is 1. The highest BCUT2D eigenvalue weighted by atomic mass is 35.5. The van der Waals surface area contributed by atoms with E-state index in [4.69, 9.17) is 16.0 Å². The van der Waals surface area contributed by atoms with Gasteiger partial charge in [-0.2, -0.15) is 0 Å². The van der Waals surface area contributed by atoms with E-state index >= 15 is 0 Å². The van der Waals surface area contributed by atoms with Crippen LogP contribution >= 0.6 is 23.4 Å². The van der Waals surface area contributed by atoms with E-state index < -0.39 is 11.9 Å². The molecule has 3 rings (SSSR count). The molecule has 9 heteroatoms. The number of carbonyl (C=O) groups excluding carboxylic acids is 2. The Balaban J connectivity index is 1.45. The summed E-state index contributed by atoms with van der Waals surface area (Å²) < 4.78 is 5.52. The molecule has 0 spiro atoms. The molecule has 1 aliphatic rings. The van der Waals surface area contributed by atoms with Crippen molar-refractivity contribution >= 4 is 35.3 Å². The van der Waals surface area contributed by atoms with Crippen molar-refractivity contribution in [3.63, 3.8) is 0 Å². The number of halogens is 1. The molecule has 2 atom stereocenters. The van der Waals surface area contributed by atoms with Gasteiger partial charge in [0.15, 0.2) is 0 Å². The summed E-state index contributed by atoms with van der Waals surface area (Å²) >= 11 is 6.93. The van der Waals surface area contributed by atoms with E-state index in [-0.39, 0.29) is 17.0 Å². The number of imide groups is 1. The summed E-state index contributed by atoms with van der Waals surface area (Å²) in [5.74, 6) is 0.375. The standard InChI is InChI=1S/C18H21ClN4O3S/c1-11-4-2-3-5-14(11)20-17(25)21-15(24)10-27-18-23-22-16(26-18)12-6-8-13(19)9-7-12/h6-9,11,14H,2-5,10H2,1H3,(H2,20,21,24,25). The molecular formula is C18H21ClN4O3S. The molecule has 2 N–H and O–H groups in total. The summed E-state index contributed by atoms with van der Waals surface area (Å²) in [6, 6.07) is 6.67. The number of hydrogen-bond acceptors (Lipinski definition) is 6. The molecule has 0 bridgehead atoms. The number of urea groups is 1. The third kappa shape index (κ3) is 5.71. The summed E-state index contributed by atoms with van der Waals surface area (Å²) in [7, 11) is 0. The summed E-state index contributed by atoms with van der Waals surface area (Å²) in [4.78, 5) is 23.9.